The molecule has 2 N–H and O–H groups in total. The number of fused-ring (bicyclic) bond motifs is 1. The maximum atomic E-state index is 12.0. The summed E-state index contributed by atoms with van der Waals surface area (Å²) < 4.78 is 5.48. The minimum atomic E-state index is -0.514. The molecule has 2 heterocycles. The third kappa shape index (κ3) is 3.43. The van der Waals surface area contributed by atoms with Crippen LogP contribution in [0.15, 0.2) is 35.7 Å². The van der Waals surface area contributed by atoms with Crippen LogP contribution in [0, 0.1) is 6.92 Å². The number of carbonyl (C=O) groups excluding carboxylic acids is 2. The molecule has 2 aromatic rings. The van der Waals surface area contributed by atoms with Gasteiger partial charge in [-0.2, -0.15) is 0 Å². The Labute approximate surface area is 138 Å². The van der Waals surface area contributed by atoms with Crippen LogP contribution in [0.5, 0.6) is 5.75 Å². The molecule has 1 aromatic carbocycles. The minimum Gasteiger partial charge on any atom is -0.479 e. The molecule has 0 bridgehead atoms. The normalized spacial score (nSPS) is 16.6. The molecule has 0 fully saturated rings. The molecule has 0 saturated heterocycles. The summed E-state index contributed by atoms with van der Waals surface area (Å²) in [5.41, 5.74) is 2.30. The van der Waals surface area contributed by atoms with Gasteiger partial charge in [0.1, 0.15) is 5.75 Å². The first kappa shape index (κ1) is 15.3. The first-order chi connectivity index (χ1) is 11.0. The van der Waals surface area contributed by atoms with Crippen LogP contribution >= 0.6 is 11.3 Å². The van der Waals surface area contributed by atoms with Crippen LogP contribution in [0.3, 0.4) is 0 Å². The van der Waals surface area contributed by atoms with Crippen LogP contribution < -0.4 is 15.4 Å². The van der Waals surface area contributed by atoms with Gasteiger partial charge in [0.25, 0.3) is 5.91 Å². The molecule has 6 heteroatoms. The van der Waals surface area contributed by atoms with Gasteiger partial charge in [-0.25, -0.2) is 0 Å². The largest absolute Gasteiger partial charge is 0.479 e. The minimum absolute atomic E-state index is 0.200. The molecule has 2 amide bonds. The lowest BCUT2D eigenvalue weighted by molar-refractivity contribution is -0.122. The molecule has 0 spiro atoms. The van der Waals surface area contributed by atoms with Gasteiger partial charge in [0.15, 0.2) is 6.10 Å². The van der Waals surface area contributed by atoms with E-state index in [1.807, 2.05) is 18.4 Å². The summed E-state index contributed by atoms with van der Waals surface area (Å²) in [6.45, 7) is 3.69. The Hall–Kier alpha value is -2.60. The van der Waals surface area contributed by atoms with Crippen LogP contribution in [0.4, 0.5) is 11.4 Å². The van der Waals surface area contributed by atoms with Crippen molar-refractivity contribution in [3.8, 4) is 5.75 Å². The number of hydrogen-bond donors (Lipinski definition) is 2. The highest BCUT2D eigenvalue weighted by atomic mass is 32.1. The summed E-state index contributed by atoms with van der Waals surface area (Å²) in [6, 6.07) is 7.16. The first-order valence-corrected chi connectivity index (χ1v) is 8.05. The number of rotatable bonds is 3. The zero-order valence-electron chi connectivity index (χ0n) is 12.8. The van der Waals surface area contributed by atoms with Gasteiger partial charge in [-0.3, -0.25) is 9.59 Å². The average molecular weight is 328 g/mol. The van der Waals surface area contributed by atoms with Crippen molar-refractivity contribution in [1.29, 1.82) is 0 Å². The lowest BCUT2D eigenvalue weighted by Crippen LogP contribution is -2.34. The van der Waals surface area contributed by atoms with E-state index in [1.165, 1.54) is 6.08 Å². The molecule has 23 heavy (non-hydrogen) atoms. The Bertz CT molecular complexity index is 795. The summed E-state index contributed by atoms with van der Waals surface area (Å²) in [5.74, 6) is 0.170. The Balaban J connectivity index is 1.70. The van der Waals surface area contributed by atoms with Crippen molar-refractivity contribution in [3.05, 3.63) is 46.2 Å². The van der Waals surface area contributed by atoms with Gasteiger partial charge in [-0.1, -0.05) is 0 Å². The Morgan fingerprint density at radius 1 is 1.39 bits per heavy atom. The number of hydrogen-bond acceptors (Lipinski definition) is 4. The molecular formula is C17H16N2O3S. The molecule has 1 aromatic heterocycles. The quantitative estimate of drug-likeness (QED) is 0.848. The molecule has 118 valence electrons. The van der Waals surface area contributed by atoms with E-state index in [9.17, 15) is 9.59 Å². The highest BCUT2D eigenvalue weighted by Gasteiger charge is 2.23. The van der Waals surface area contributed by atoms with Crippen molar-refractivity contribution in [3.63, 3.8) is 0 Å². The summed E-state index contributed by atoms with van der Waals surface area (Å²) in [5, 5.41) is 7.51. The maximum absolute atomic E-state index is 12.0. The van der Waals surface area contributed by atoms with Gasteiger partial charge in [0.2, 0.25) is 5.91 Å². The summed E-state index contributed by atoms with van der Waals surface area (Å²) in [7, 11) is 0. The van der Waals surface area contributed by atoms with Crippen LogP contribution in [0.1, 0.15) is 17.4 Å². The summed E-state index contributed by atoms with van der Waals surface area (Å²) in [6.07, 6.45) is 2.77. The van der Waals surface area contributed by atoms with Crippen molar-refractivity contribution in [1.82, 2.24) is 0 Å². The van der Waals surface area contributed by atoms with Crippen LogP contribution in [0.25, 0.3) is 6.08 Å². The standard InChI is InChI=1S/C17H16N2O3S/c1-10-7-8-23-15(10)5-6-16(20)18-12-3-4-14-13(9-12)19-17(21)11(2)22-14/h3-9,11H,1-2H3,(H,18,20)(H,19,21)/b6-5+/t11-/m0/s1. The van der Waals surface area contributed by atoms with Gasteiger partial charge in [0.05, 0.1) is 5.69 Å². The number of anilines is 2. The number of benzene rings is 1. The second kappa shape index (κ2) is 6.26. The predicted octanol–water partition coefficient (Wildman–Crippen LogP) is 3.43. The molecule has 3 rings (SSSR count). The molecule has 0 aliphatic carbocycles. The second-order valence-corrected chi connectivity index (χ2v) is 6.20. The van der Waals surface area contributed by atoms with E-state index < -0.39 is 6.10 Å². The third-order valence-electron chi connectivity index (χ3n) is 3.47. The van der Waals surface area contributed by atoms with Gasteiger partial charge in [0, 0.05) is 16.6 Å². The SMILES string of the molecule is Cc1ccsc1/C=C/C(=O)Nc1ccc2c(c1)NC(=O)[C@H](C)O2. The van der Waals surface area contributed by atoms with Gasteiger partial charge in [-0.05, 0) is 55.1 Å². The van der Waals surface area contributed by atoms with E-state index in [-0.39, 0.29) is 11.8 Å². The van der Waals surface area contributed by atoms with Gasteiger partial charge < -0.3 is 15.4 Å². The number of aryl methyl sites for hydroxylation is 1. The van der Waals surface area contributed by atoms with Crippen LogP contribution in [0.2, 0.25) is 0 Å². The Kier molecular flexibility index (Phi) is 4.16. The van der Waals surface area contributed by atoms with Crippen molar-refractivity contribution in [2.75, 3.05) is 10.6 Å². The smallest absolute Gasteiger partial charge is 0.265 e. The first-order valence-electron chi connectivity index (χ1n) is 7.17. The summed E-state index contributed by atoms with van der Waals surface area (Å²) >= 11 is 1.59. The van der Waals surface area contributed by atoms with Crippen LogP contribution in [-0.4, -0.2) is 17.9 Å². The molecule has 1 atom stereocenters. The lowest BCUT2D eigenvalue weighted by Gasteiger charge is -2.23. The molecule has 0 radical (unpaired) electrons. The fraction of sp³-hybridized carbons (Fsp3) is 0.176. The number of thiophene rings is 1. The third-order valence-corrected chi connectivity index (χ3v) is 4.45. The van der Waals surface area contributed by atoms with E-state index >= 15 is 0 Å². The molecule has 5 nitrogen and oxygen atoms in total. The number of carbonyl (C=O) groups is 2. The second-order valence-electron chi connectivity index (χ2n) is 5.25. The van der Waals surface area contributed by atoms with E-state index in [0.717, 1.165) is 10.4 Å². The molecule has 0 saturated carbocycles. The molecule has 1 aliphatic heterocycles. The fourth-order valence-corrected chi connectivity index (χ4v) is 3.00. The van der Waals surface area contributed by atoms with Crippen molar-refractivity contribution < 1.29 is 14.3 Å². The highest BCUT2D eigenvalue weighted by molar-refractivity contribution is 7.11. The number of amides is 2. The number of ether oxygens (including phenoxy) is 1. The summed E-state index contributed by atoms with van der Waals surface area (Å²) in [4.78, 5) is 24.7. The monoisotopic (exact) mass is 328 g/mol. The Morgan fingerprint density at radius 3 is 2.96 bits per heavy atom. The zero-order chi connectivity index (χ0) is 16.4. The predicted molar refractivity (Wildman–Crippen MR) is 91.9 cm³/mol. The Morgan fingerprint density at radius 2 is 2.22 bits per heavy atom. The van der Waals surface area contributed by atoms with Crippen LogP contribution in [-0.2, 0) is 9.59 Å². The zero-order valence-corrected chi connectivity index (χ0v) is 13.6. The fourth-order valence-electron chi connectivity index (χ4n) is 2.18. The van der Waals surface area contributed by atoms with E-state index in [2.05, 4.69) is 10.6 Å². The van der Waals surface area contributed by atoms with Gasteiger partial charge >= 0.3 is 0 Å². The van der Waals surface area contributed by atoms with E-state index in [4.69, 9.17) is 4.74 Å². The van der Waals surface area contributed by atoms with Crippen molar-refractivity contribution >= 4 is 40.6 Å². The van der Waals surface area contributed by atoms with Crippen molar-refractivity contribution in [2.24, 2.45) is 0 Å². The lowest BCUT2D eigenvalue weighted by atomic mass is 10.2. The van der Waals surface area contributed by atoms with E-state index in [1.54, 1.807) is 42.5 Å². The number of nitrogens with one attached hydrogen (secondary N) is 2. The maximum Gasteiger partial charge on any atom is 0.265 e. The molecule has 0 unspecified atom stereocenters. The van der Waals surface area contributed by atoms with Gasteiger partial charge in [-0.15, -0.1) is 11.3 Å². The topological polar surface area (TPSA) is 67.4 Å². The highest BCUT2D eigenvalue weighted by Crippen LogP contribution is 2.32. The molecular weight excluding hydrogens is 312 g/mol. The molecule has 1 aliphatic rings. The van der Waals surface area contributed by atoms with E-state index in [0.29, 0.717) is 17.1 Å². The average Bonchev–Trinajstić information content (AvgIpc) is 2.92. The van der Waals surface area contributed by atoms with Crippen molar-refractivity contribution in [2.45, 2.75) is 20.0 Å².